The standard InChI is InChI=1S/C22H25N3O4S2/c1-29-19-10-12-20(13-11-19)31(27,28)25-22-24-18(16-30-22)9-14-21(26)23-15-5-8-17-6-3-2-4-7-17/h2-4,6-7,10-13,16H,5,8-9,14-15H2,1H3,(H,23,26)(H,24,25). The quantitative estimate of drug-likeness (QED) is 0.427. The van der Waals surface area contributed by atoms with Crippen LogP contribution in [-0.2, 0) is 27.7 Å². The molecule has 1 aromatic heterocycles. The van der Waals surface area contributed by atoms with E-state index in [1.54, 1.807) is 17.5 Å². The number of nitrogens with zero attached hydrogens (tertiary/aromatic N) is 1. The molecule has 31 heavy (non-hydrogen) atoms. The first kappa shape index (κ1) is 22.8. The van der Waals surface area contributed by atoms with Gasteiger partial charge in [-0.3, -0.25) is 9.52 Å². The number of ether oxygens (including phenoxy) is 1. The van der Waals surface area contributed by atoms with Crippen LogP contribution in [0.3, 0.4) is 0 Å². The highest BCUT2D eigenvalue weighted by Crippen LogP contribution is 2.22. The van der Waals surface area contributed by atoms with Crippen LogP contribution in [0.25, 0.3) is 0 Å². The summed E-state index contributed by atoms with van der Waals surface area (Å²) in [5.41, 5.74) is 1.93. The summed E-state index contributed by atoms with van der Waals surface area (Å²) in [6.45, 7) is 0.623. The minimum Gasteiger partial charge on any atom is -0.497 e. The van der Waals surface area contributed by atoms with E-state index in [4.69, 9.17) is 4.74 Å². The Labute approximate surface area is 186 Å². The second-order valence-corrected chi connectivity index (χ2v) is 9.40. The highest BCUT2D eigenvalue weighted by molar-refractivity contribution is 7.93. The molecule has 0 saturated heterocycles. The van der Waals surface area contributed by atoms with Gasteiger partial charge in [-0.1, -0.05) is 30.3 Å². The van der Waals surface area contributed by atoms with Gasteiger partial charge in [0.2, 0.25) is 5.91 Å². The predicted molar refractivity (Wildman–Crippen MR) is 122 cm³/mol. The number of amides is 1. The molecule has 0 aliphatic rings. The average molecular weight is 460 g/mol. The summed E-state index contributed by atoms with van der Waals surface area (Å²) >= 11 is 1.19. The van der Waals surface area contributed by atoms with Crippen molar-refractivity contribution >= 4 is 32.4 Å². The first-order valence-corrected chi connectivity index (χ1v) is 12.2. The molecule has 0 atom stereocenters. The molecule has 9 heteroatoms. The number of sulfonamides is 1. The average Bonchev–Trinajstić information content (AvgIpc) is 3.22. The van der Waals surface area contributed by atoms with Crippen LogP contribution in [0.1, 0.15) is 24.1 Å². The molecule has 0 spiro atoms. The van der Waals surface area contributed by atoms with Crippen molar-refractivity contribution in [3.63, 3.8) is 0 Å². The van der Waals surface area contributed by atoms with Crippen molar-refractivity contribution in [1.82, 2.24) is 10.3 Å². The van der Waals surface area contributed by atoms with E-state index in [1.165, 1.54) is 36.1 Å². The number of rotatable bonds is 11. The molecule has 0 aliphatic carbocycles. The molecule has 0 radical (unpaired) electrons. The van der Waals surface area contributed by atoms with E-state index in [2.05, 4.69) is 27.2 Å². The summed E-state index contributed by atoms with van der Waals surface area (Å²) in [4.78, 5) is 16.5. The topological polar surface area (TPSA) is 97.4 Å². The van der Waals surface area contributed by atoms with Crippen molar-refractivity contribution < 1.29 is 17.9 Å². The monoisotopic (exact) mass is 459 g/mol. The third kappa shape index (κ3) is 7.08. The Bertz CT molecular complexity index is 1080. The van der Waals surface area contributed by atoms with E-state index in [0.29, 0.717) is 30.8 Å². The number of aryl methyl sites for hydroxylation is 2. The summed E-state index contributed by atoms with van der Waals surface area (Å²) in [5, 5.41) is 4.94. The zero-order valence-electron chi connectivity index (χ0n) is 17.2. The van der Waals surface area contributed by atoms with E-state index in [-0.39, 0.29) is 15.9 Å². The smallest absolute Gasteiger partial charge is 0.263 e. The molecule has 1 amide bonds. The van der Waals surface area contributed by atoms with E-state index < -0.39 is 10.0 Å². The summed E-state index contributed by atoms with van der Waals surface area (Å²) in [5.74, 6) is 0.537. The number of carbonyl (C=O) groups excluding carboxylic acids is 1. The number of anilines is 1. The molecule has 0 bridgehead atoms. The Morgan fingerprint density at radius 2 is 1.81 bits per heavy atom. The highest BCUT2D eigenvalue weighted by atomic mass is 32.2. The predicted octanol–water partition coefficient (Wildman–Crippen LogP) is 3.63. The van der Waals surface area contributed by atoms with Crippen molar-refractivity contribution in [2.24, 2.45) is 0 Å². The molecule has 0 unspecified atom stereocenters. The summed E-state index contributed by atoms with van der Waals surface area (Å²) in [6, 6.07) is 16.3. The fraction of sp³-hybridized carbons (Fsp3) is 0.273. The fourth-order valence-electron chi connectivity index (χ4n) is 2.89. The van der Waals surface area contributed by atoms with Crippen LogP contribution in [0, 0.1) is 0 Å². The van der Waals surface area contributed by atoms with Gasteiger partial charge in [-0.15, -0.1) is 11.3 Å². The second kappa shape index (κ2) is 10.9. The first-order valence-electron chi connectivity index (χ1n) is 9.88. The Morgan fingerprint density at radius 3 is 2.52 bits per heavy atom. The number of aromatic nitrogens is 1. The largest absolute Gasteiger partial charge is 0.497 e. The van der Waals surface area contributed by atoms with Gasteiger partial charge in [0.15, 0.2) is 5.13 Å². The van der Waals surface area contributed by atoms with Crippen LogP contribution in [0.5, 0.6) is 5.75 Å². The van der Waals surface area contributed by atoms with Gasteiger partial charge in [-0.2, -0.15) is 0 Å². The van der Waals surface area contributed by atoms with E-state index >= 15 is 0 Å². The Balaban J connectivity index is 1.42. The molecule has 3 aromatic rings. The molecular weight excluding hydrogens is 434 g/mol. The van der Waals surface area contributed by atoms with Crippen LogP contribution in [-0.4, -0.2) is 33.0 Å². The third-order valence-corrected chi connectivity index (χ3v) is 6.85. The molecule has 164 valence electrons. The Kier molecular flexibility index (Phi) is 8.02. The third-order valence-electron chi connectivity index (χ3n) is 4.56. The highest BCUT2D eigenvalue weighted by Gasteiger charge is 2.16. The normalized spacial score (nSPS) is 11.1. The van der Waals surface area contributed by atoms with Crippen LogP contribution in [0.4, 0.5) is 5.13 Å². The van der Waals surface area contributed by atoms with Crippen LogP contribution >= 0.6 is 11.3 Å². The second-order valence-electron chi connectivity index (χ2n) is 6.86. The zero-order valence-corrected chi connectivity index (χ0v) is 18.8. The van der Waals surface area contributed by atoms with Gasteiger partial charge in [0.25, 0.3) is 10.0 Å². The molecule has 0 aliphatic heterocycles. The van der Waals surface area contributed by atoms with Gasteiger partial charge in [-0.05, 0) is 49.1 Å². The molecule has 1 heterocycles. The molecule has 2 aromatic carbocycles. The number of carbonyl (C=O) groups is 1. The maximum absolute atomic E-state index is 12.5. The summed E-state index contributed by atoms with van der Waals surface area (Å²) in [6.07, 6.45) is 2.56. The molecule has 3 rings (SSSR count). The molecule has 2 N–H and O–H groups in total. The maximum atomic E-state index is 12.5. The number of hydrogen-bond acceptors (Lipinski definition) is 6. The summed E-state index contributed by atoms with van der Waals surface area (Å²) < 4.78 is 32.5. The molecule has 7 nitrogen and oxygen atoms in total. The number of benzene rings is 2. The lowest BCUT2D eigenvalue weighted by atomic mass is 10.1. The minimum atomic E-state index is -3.73. The Morgan fingerprint density at radius 1 is 1.06 bits per heavy atom. The van der Waals surface area contributed by atoms with Gasteiger partial charge in [0.1, 0.15) is 5.75 Å². The lowest BCUT2D eigenvalue weighted by molar-refractivity contribution is -0.121. The van der Waals surface area contributed by atoms with Crippen molar-refractivity contribution in [2.45, 2.75) is 30.6 Å². The van der Waals surface area contributed by atoms with Gasteiger partial charge >= 0.3 is 0 Å². The van der Waals surface area contributed by atoms with Gasteiger partial charge in [0.05, 0.1) is 17.7 Å². The van der Waals surface area contributed by atoms with Crippen molar-refractivity contribution in [2.75, 3.05) is 18.4 Å². The van der Waals surface area contributed by atoms with Crippen LogP contribution in [0.15, 0.2) is 64.9 Å². The van der Waals surface area contributed by atoms with Crippen molar-refractivity contribution in [1.29, 1.82) is 0 Å². The Hall–Kier alpha value is -2.91. The number of nitrogens with one attached hydrogen (secondary N) is 2. The molecular formula is C22H25N3O4S2. The van der Waals surface area contributed by atoms with E-state index in [1.807, 2.05) is 18.2 Å². The molecule has 0 fully saturated rings. The lowest BCUT2D eigenvalue weighted by Gasteiger charge is -2.06. The van der Waals surface area contributed by atoms with E-state index in [9.17, 15) is 13.2 Å². The van der Waals surface area contributed by atoms with Crippen molar-refractivity contribution in [3.8, 4) is 5.75 Å². The van der Waals surface area contributed by atoms with Crippen molar-refractivity contribution in [3.05, 3.63) is 71.2 Å². The van der Waals surface area contributed by atoms with Gasteiger partial charge in [0, 0.05) is 18.3 Å². The first-order chi connectivity index (χ1) is 15.0. The SMILES string of the molecule is COc1ccc(S(=O)(=O)Nc2nc(CCC(=O)NCCCc3ccccc3)cs2)cc1. The van der Waals surface area contributed by atoms with Gasteiger partial charge < -0.3 is 10.1 Å². The van der Waals surface area contributed by atoms with E-state index in [0.717, 1.165) is 12.8 Å². The lowest BCUT2D eigenvalue weighted by Crippen LogP contribution is -2.25. The van der Waals surface area contributed by atoms with Gasteiger partial charge in [-0.25, -0.2) is 13.4 Å². The van der Waals surface area contributed by atoms with Crippen LogP contribution in [0.2, 0.25) is 0 Å². The zero-order chi connectivity index (χ0) is 22.1. The fourth-order valence-corrected chi connectivity index (χ4v) is 4.89. The number of hydrogen-bond donors (Lipinski definition) is 2. The number of thiazole rings is 1. The van der Waals surface area contributed by atoms with Crippen LogP contribution < -0.4 is 14.8 Å². The number of methoxy groups -OCH3 is 1. The minimum absolute atomic E-state index is 0.0403. The summed E-state index contributed by atoms with van der Waals surface area (Å²) in [7, 11) is -2.21. The molecule has 0 saturated carbocycles. The maximum Gasteiger partial charge on any atom is 0.263 e.